The summed E-state index contributed by atoms with van der Waals surface area (Å²) < 4.78 is 2.10. The van der Waals surface area contributed by atoms with Crippen molar-refractivity contribution < 1.29 is 0 Å². The average molecular weight is 317 g/mol. The summed E-state index contributed by atoms with van der Waals surface area (Å²) >= 11 is 12.5. The second-order valence-electron chi connectivity index (χ2n) is 4.87. The van der Waals surface area contributed by atoms with E-state index in [0.29, 0.717) is 6.54 Å². The first kappa shape index (κ1) is 14.2. The van der Waals surface area contributed by atoms with Crippen LogP contribution in [0.1, 0.15) is 16.8 Å². The van der Waals surface area contributed by atoms with E-state index in [2.05, 4.69) is 9.55 Å². The molecule has 0 saturated carbocycles. The van der Waals surface area contributed by atoms with E-state index in [1.165, 1.54) is 0 Å². The first-order valence-corrected chi connectivity index (χ1v) is 7.45. The first-order valence-electron chi connectivity index (χ1n) is 6.70. The van der Waals surface area contributed by atoms with Crippen LogP contribution in [0, 0.1) is 0 Å². The van der Waals surface area contributed by atoms with Crippen LogP contribution >= 0.6 is 23.2 Å². The fourth-order valence-electron chi connectivity index (χ4n) is 2.28. The van der Waals surface area contributed by atoms with E-state index in [9.17, 15) is 0 Å². The highest BCUT2D eigenvalue weighted by Gasteiger charge is 2.08. The number of nitrogens with zero attached hydrogens (tertiary/aromatic N) is 2. The van der Waals surface area contributed by atoms with E-state index >= 15 is 0 Å². The van der Waals surface area contributed by atoms with Gasteiger partial charge in [0.1, 0.15) is 0 Å². The Bertz CT molecular complexity index is 688. The SMILES string of the molecule is Clc1ccccc1Cc1cncn1Cc1ccccc1Cl. The Morgan fingerprint density at radius 2 is 1.48 bits per heavy atom. The molecule has 0 N–H and O–H groups in total. The molecule has 0 unspecified atom stereocenters. The summed E-state index contributed by atoms with van der Waals surface area (Å²) in [6.45, 7) is 0.708. The molecule has 0 atom stereocenters. The minimum absolute atomic E-state index is 0.708. The maximum atomic E-state index is 6.23. The molecule has 3 aromatic rings. The minimum atomic E-state index is 0.708. The lowest BCUT2D eigenvalue weighted by molar-refractivity contribution is 0.754. The summed E-state index contributed by atoms with van der Waals surface area (Å²) in [6, 6.07) is 15.7. The highest BCUT2D eigenvalue weighted by molar-refractivity contribution is 6.31. The minimum Gasteiger partial charge on any atom is -0.330 e. The number of halogens is 2. The summed E-state index contributed by atoms with van der Waals surface area (Å²) in [5.41, 5.74) is 3.29. The Kier molecular flexibility index (Phi) is 4.28. The summed E-state index contributed by atoms with van der Waals surface area (Å²) in [6.07, 6.45) is 4.46. The highest BCUT2D eigenvalue weighted by atomic mass is 35.5. The Morgan fingerprint density at radius 1 is 0.857 bits per heavy atom. The van der Waals surface area contributed by atoms with Crippen LogP contribution < -0.4 is 0 Å². The molecule has 2 aromatic carbocycles. The van der Waals surface area contributed by atoms with Crippen molar-refractivity contribution in [1.29, 1.82) is 0 Å². The lowest BCUT2D eigenvalue weighted by Crippen LogP contribution is -2.04. The molecule has 0 aliphatic heterocycles. The van der Waals surface area contributed by atoms with Crippen molar-refractivity contribution in [2.45, 2.75) is 13.0 Å². The fourth-order valence-corrected chi connectivity index (χ4v) is 2.68. The highest BCUT2D eigenvalue weighted by Crippen LogP contribution is 2.21. The predicted molar refractivity (Wildman–Crippen MR) is 87.0 cm³/mol. The molecule has 0 spiro atoms. The van der Waals surface area contributed by atoms with Gasteiger partial charge in [-0.1, -0.05) is 59.6 Å². The fraction of sp³-hybridized carbons (Fsp3) is 0.118. The smallest absolute Gasteiger partial charge is 0.0951 e. The molecule has 0 aliphatic carbocycles. The third kappa shape index (κ3) is 3.29. The van der Waals surface area contributed by atoms with Crippen molar-refractivity contribution in [3.63, 3.8) is 0 Å². The van der Waals surface area contributed by atoms with Crippen LogP contribution in [0.3, 0.4) is 0 Å². The molecule has 1 aromatic heterocycles. The first-order chi connectivity index (χ1) is 10.2. The molecule has 0 bridgehead atoms. The van der Waals surface area contributed by atoms with Gasteiger partial charge in [-0.2, -0.15) is 0 Å². The van der Waals surface area contributed by atoms with Gasteiger partial charge < -0.3 is 4.57 Å². The zero-order valence-corrected chi connectivity index (χ0v) is 12.8. The maximum absolute atomic E-state index is 6.23. The van der Waals surface area contributed by atoms with Crippen LogP contribution in [0.15, 0.2) is 61.1 Å². The molecule has 2 nitrogen and oxygen atoms in total. The number of hydrogen-bond donors (Lipinski definition) is 0. The molecule has 4 heteroatoms. The molecular formula is C17H14Cl2N2. The number of imidazole rings is 1. The van der Waals surface area contributed by atoms with Crippen LogP contribution in [-0.2, 0) is 13.0 Å². The zero-order chi connectivity index (χ0) is 14.7. The molecule has 3 rings (SSSR count). The number of benzene rings is 2. The molecule has 21 heavy (non-hydrogen) atoms. The lowest BCUT2D eigenvalue weighted by Gasteiger charge is -2.10. The Hall–Kier alpha value is -1.77. The normalized spacial score (nSPS) is 10.8. The molecule has 0 fully saturated rings. The topological polar surface area (TPSA) is 17.8 Å². The van der Waals surface area contributed by atoms with Gasteiger partial charge in [0.25, 0.3) is 0 Å². The van der Waals surface area contributed by atoms with Gasteiger partial charge in [-0.05, 0) is 23.3 Å². The molecule has 106 valence electrons. The molecule has 1 heterocycles. The standard InChI is InChI=1S/C17H14Cl2N2/c18-16-7-3-1-5-13(16)9-15-10-20-12-21(15)11-14-6-2-4-8-17(14)19/h1-8,10,12H,9,11H2. The predicted octanol–water partition coefficient (Wildman–Crippen LogP) is 4.83. The number of rotatable bonds is 4. The van der Waals surface area contributed by atoms with Crippen LogP contribution in [0.25, 0.3) is 0 Å². The summed E-state index contributed by atoms with van der Waals surface area (Å²) in [4.78, 5) is 4.25. The molecular weight excluding hydrogens is 303 g/mol. The third-order valence-corrected chi connectivity index (χ3v) is 4.16. The van der Waals surface area contributed by atoms with E-state index in [0.717, 1.165) is 33.3 Å². The lowest BCUT2D eigenvalue weighted by atomic mass is 10.1. The second kappa shape index (κ2) is 6.33. The summed E-state index contributed by atoms with van der Waals surface area (Å²) in [5.74, 6) is 0. The second-order valence-corrected chi connectivity index (χ2v) is 5.69. The largest absolute Gasteiger partial charge is 0.330 e. The number of aromatic nitrogens is 2. The number of hydrogen-bond acceptors (Lipinski definition) is 1. The van der Waals surface area contributed by atoms with E-state index in [1.807, 2.05) is 61.1 Å². The molecule has 0 amide bonds. The quantitative estimate of drug-likeness (QED) is 0.674. The molecule has 0 saturated heterocycles. The van der Waals surface area contributed by atoms with Gasteiger partial charge in [-0.25, -0.2) is 4.98 Å². The van der Waals surface area contributed by atoms with E-state index in [4.69, 9.17) is 23.2 Å². The van der Waals surface area contributed by atoms with Gasteiger partial charge in [0.15, 0.2) is 0 Å². The Morgan fingerprint density at radius 3 is 2.14 bits per heavy atom. The van der Waals surface area contributed by atoms with Gasteiger partial charge in [-0.15, -0.1) is 0 Å². The third-order valence-electron chi connectivity index (χ3n) is 3.43. The Balaban J connectivity index is 1.85. The zero-order valence-electron chi connectivity index (χ0n) is 11.3. The van der Waals surface area contributed by atoms with E-state index in [-0.39, 0.29) is 0 Å². The van der Waals surface area contributed by atoms with Crippen LogP contribution in [0.5, 0.6) is 0 Å². The van der Waals surface area contributed by atoms with E-state index < -0.39 is 0 Å². The van der Waals surface area contributed by atoms with Gasteiger partial charge in [-0.3, -0.25) is 0 Å². The van der Waals surface area contributed by atoms with Crippen molar-refractivity contribution in [1.82, 2.24) is 9.55 Å². The van der Waals surface area contributed by atoms with Crippen molar-refractivity contribution in [2.75, 3.05) is 0 Å². The summed E-state index contributed by atoms with van der Waals surface area (Å²) in [7, 11) is 0. The van der Waals surface area contributed by atoms with Crippen molar-refractivity contribution >= 4 is 23.2 Å². The maximum Gasteiger partial charge on any atom is 0.0951 e. The van der Waals surface area contributed by atoms with Crippen LogP contribution in [0.2, 0.25) is 10.0 Å². The van der Waals surface area contributed by atoms with Crippen LogP contribution in [0.4, 0.5) is 0 Å². The van der Waals surface area contributed by atoms with Crippen molar-refractivity contribution in [3.8, 4) is 0 Å². The van der Waals surface area contributed by atoms with Crippen molar-refractivity contribution in [3.05, 3.63) is 87.9 Å². The molecule has 0 radical (unpaired) electrons. The van der Waals surface area contributed by atoms with Crippen molar-refractivity contribution in [2.24, 2.45) is 0 Å². The Labute approximate surface area is 134 Å². The summed E-state index contributed by atoms with van der Waals surface area (Å²) in [5, 5.41) is 1.55. The van der Waals surface area contributed by atoms with E-state index in [1.54, 1.807) is 0 Å². The monoisotopic (exact) mass is 316 g/mol. The average Bonchev–Trinajstić information content (AvgIpc) is 2.91. The van der Waals surface area contributed by atoms with Gasteiger partial charge in [0.05, 0.1) is 12.9 Å². The van der Waals surface area contributed by atoms with Gasteiger partial charge in [0.2, 0.25) is 0 Å². The van der Waals surface area contributed by atoms with Gasteiger partial charge in [0, 0.05) is 28.4 Å². The van der Waals surface area contributed by atoms with Gasteiger partial charge >= 0.3 is 0 Å². The van der Waals surface area contributed by atoms with Crippen LogP contribution in [-0.4, -0.2) is 9.55 Å². The molecule has 0 aliphatic rings.